The SMILES string of the molecule is O=C(CNC(=O)c1ccc(S(=O)(=O)N2CCCCC2)cc1)N/N=C\c1ccc(Cl)cc1Cl. The first-order chi connectivity index (χ1) is 15.3. The summed E-state index contributed by atoms with van der Waals surface area (Å²) in [6.07, 6.45) is 4.08. The van der Waals surface area contributed by atoms with E-state index in [1.165, 1.54) is 34.8 Å². The van der Waals surface area contributed by atoms with Crippen LogP contribution in [0.4, 0.5) is 0 Å². The van der Waals surface area contributed by atoms with Crippen LogP contribution in [-0.2, 0) is 14.8 Å². The Kier molecular flexibility index (Phi) is 8.25. The van der Waals surface area contributed by atoms with Crippen LogP contribution in [0.15, 0.2) is 52.5 Å². The van der Waals surface area contributed by atoms with Gasteiger partial charge in [0.25, 0.3) is 11.8 Å². The van der Waals surface area contributed by atoms with Crippen LogP contribution in [0, 0.1) is 0 Å². The van der Waals surface area contributed by atoms with Crippen LogP contribution in [0.3, 0.4) is 0 Å². The lowest BCUT2D eigenvalue weighted by molar-refractivity contribution is -0.120. The molecule has 0 saturated carbocycles. The highest BCUT2D eigenvalue weighted by Crippen LogP contribution is 2.21. The quantitative estimate of drug-likeness (QED) is 0.453. The first kappa shape index (κ1) is 24.2. The van der Waals surface area contributed by atoms with Gasteiger partial charge in [-0.25, -0.2) is 13.8 Å². The molecule has 0 radical (unpaired) electrons. The molecule has 0 spiro atoms. The van der Waals surface area contributed by atoms with Crippen molar-refractivity contribution in [3.63, 3.8) is 0 Å². The Morgan fingerprint density at radius 2 is 1.72 bits per heavy atom. The summed E-state index contributed by atoms with van der Waals surface area (Å²) >= 11 is 11.8. The third kappa shape index (κ3) is 6.29. The molecule has 8 nitrogen and oxygen atoms in total. The zero-order chi connectivity index (χ0) is 23.1. The van der Waals surface area contributed by atoms with Crippen molar-refractivity contribution in [3.05, 3.63) is 63.6 Å². The number of nitrogens with zero attached hydrogens (tertiary/aromatic N) is 2. The Hall–Kier alpha value is -2.46. The van der Waals surface area contributed by atoms with Crippen LogP contribution >= 0.6 is 23.2 Å². The molecule has 1 fully saturated rings. The summed E-state index contributed by atoms with van der Waals surface area (Å²) in [7, 11) is -3.56. The van der Waals surface area contributed by atoms with E-state index in [4.69, 9.17) is 23.2 Å². The van der Waals surface area contributed by atoms with Gasteiger partial charge in [-0.05, 0) is 49.2 Å². The largest absolute Gasteiger partial charge is 0.343 e. The normalized spacial score (nSPS) is 14.9. The molecule has 0 bridgehead atoms. The summed E-state index contributed by atoms with van der Waals surface area (Å²) in [5, 5.41) is 7.12. The maximum absolute atomic E-state index is 12.7. The van der Waals surface area contributed by atoms with Crippen molar-refractivity contribution in [2.24, 2.45) is 5.10 Å². The number of halogens is 2. The molecule has 11 heteroatoms. The molecule has 1 heterocycles. The average Bonchev–Trinajstić information content (AvgIpc) is 2.79. The van der Waals surface area contributed by atoms with Crippen LogP contribution < -0.4 is 10.7 Å². The minimum Gasteiger partial charge on any atom is -0.343 e. The Bertz CT molecular complexity index is 1120. The Labute approximate surface area is 196 Å². The average molecular weight is 497 g/mol. The van der Waals surface area contributed by atoms with Crippen molar-refractivity contribution >= 4 is 51.3 Å². The first-order valence-electron chi connectivity index (χ1n) is 9.93. The second-order valence-electron chi connectivity index (χ2n) is 7.13. The van der Waals surface area contributed by atoms with Crippen LogP contribution in [0.2, 0.25) is 10.0 Å². The molecule has 1 saturated heterocycles. The van der Waals surface area contributed by atoms with E-state index >= 15 is 0 Å². The lowest BCUT2D eigenvalue weighted by atomic mass is 10.2. The smallest absolute Gasteiger partial charge is 0.259 e. The first-order valence-corrected chi connectivity index (χ1v) is 12.1. The predicted molar refractivity (Wildman–Crippen MR) is 124 cm³/mol. The van der Waals surface area contributed by atoms with Gasteiger partial charge in [0.05, 0.1) is 22.7 Å². The highest BCUT2D eigenvalue weighted by molar-refractivity contribution is 7.89. The van der Waals surface area contributed by atoms with Gasteiger partial charge in [0.2, 0.25) is 10.0 Å². The van der Waals surface area contributed by atoms with Crippen molar-refractivity contribution in [2.45, 2.75) is 24.2 Å². The van der Waals surface area contributed by atoms with Crippen LogP contribution in [-0.4, -0.2) is 50.4 Å². The number of hydrogen-bond acceptors (Lipinski definition) is 5. The molecule has 1 aliphatic rings. The summed E-state index contributed by atoms with van der Waals surface area (Å²) in [6, 6.07) is 10.5. The van der Waals surface area contributed by atoms with Gasteiger partial charge >= 0.3 is 0 Å². The molecular formula is C21H22Cl2N4O4S. The Balaban J connectivity index is 1.51. The molecule has 1 aliphatic heterocycles. The van der Waals surface area contributed by atoms with Crippen molar-refractivity contribution in [1.29, 1.82) is 0 Å². The van der Waals surface area contributed by atoms with Crippen molar-refractivity contribution in [3.8, 4) is 0 Å². The minimum absolute atomic E-state index is 0.142. The van der Waals surface area contributed by atoms with Gasteiger partial charge < -0.3 is 5.32 Å². The maximum atomic E-state index is 12.7. The minimum atomic E-state index is -3.56. The van der Waals surface area contributed by atoms with E-state index in [1.807, 2.05) is 0 Å². The van der Waals surface area contributed by atoms with Crippen LogP contribution in [0.1, 0.15) is 35.2 Å². The molecule has 3 rings (SSSR count). The number of hydrogen-bond donors (Lipinski definition) is 2. The van der Waals surface area contributed by atoms with Gasteiger partial charge in [0, 0.05) is 29.2 Å². The van der Waals surface area contributed by atoms with Gasteiger partial charge in [-0.2, -0.15) is 9.41 Å². The number of nitrogens with one attached hydrogen (secondary N) is 2. The molecule has 2 aromatic carbocycles. The van der Waals surface area contributed by atoms with E-state index in [9.17, 15) is 18.0 Å². The number of carbonyl (C=O) groups is 2. The molecule has 0 atom stereocenters. The monoisotopic (exact) mass is 496 g/mol. The second kappa shape index (κ2) is 10.9. The van der Waals surface area contributed by atoms with Crippen molar-refractivity contribution in [1.82, 2.24) is 15.0 Å². The maximum Gasteiger partial charge on any atom is 0.259 e. The van der Waals surface area contributed by atoms with E-state index in [-0.39, 0.29) is 17.0 Å². The highest BCUT2D eigenvalue weighted by Gasteiger charge is 2.25. The van der Waals surface area contributed by atoms with Crippen LogP contribution in [0.25, 0.3) is 0 Å². The summed E-state index contributed by atoms with van der Waals surface area (Å²) in [5.74, 6) is -1.05. The van der Waals surface area contributed by atoms with Gasteiger partial charge in [0.15, 0.2) is 0 Å². The Morgan fingerprint density at radius 3 is 2.38 bits per heavy atom. The van der Waals surface area contributed by atoms with E-state index in [2.05, 4.69) is 15.8 Å². The number of hydrazone groups is 1. The Morgan fingerprint density at radius 1 is 1.03 bits per heavy atom. The third-order valence-electron chi connectivity index (χ3n) is 4.83. The molecule has 2 N–H and O–H groups in total. The lowest BCUT2D eigenvalue weighted by Gasteiger charge is -2.25. The summed E-state index contributed by atoms with van der Waals surface area (Å²) in [5.41, 5.74) is 3.10. The number of sulfonamides is 1. The fraction of sp³-hybridized carbons (Fsp3) is 0.286. The number of amides is 2. The van der Waals surface area contributed by atoms with Gasteiger partial charge in [-0.3, -0.25) is 9.59 Å². The topological polar surface area (TPSA) is 108 Å². The van der Waals surface area contributed by atoms with E-state index in [1.54, 1.807) is 18.2 Å². The molecule has 170 valence electrons. The third-order valence-corrected chi connectivity index (χ3v) is 7.31. The van der Waals surface area contributed by atoms with Crippen molar-refractivity contribution < 1.29 is 18.0 Å². The zero-order valence-electron chi connectivity index (χ0n) is 17.1. The van der Waals surface area contributed by atoms with E-state index in [0.29, 0.717) is 28.7 Å². The highest BCUT2D eigenvalue weighted by atomic mass is 35.5. The number of rotatable bonds is 7. The number of benzene rings is 2. The fourth-order valence-corrected chi connectivity index (χ4v) is 5.09. The summed E-state index contributed by atoms with van der Waals surface area (Å²) in [4.78, 5) is 24.3. The predicted octanol–water partition coefficient (Wildman–Crippen LogP) is 3.05. The summed E-state index contributed by atoms with van der Waals surface area (Å²) < 4.78 is 26.8. The zero-order valence-corrected chi connectivity index (χ0v) is 19.4. The molecule has 0 aliphatic carbocycles. The van der Waals surface area contributed by atoms with Gasteiger partial charge in [-0.15, -0.1) is 0 Å². The second-order valence-corrected chi connectivity index (χ2v) is 9.91. The number of carbonyl (C=O) groups excluding carboxylic acids is 2. The molecule has 0 aromatic heterocycles. The van der Waals surface area contributed by atoms with Gasteiger partial charge in [0.1, 0.15) is 0 Å². The van der Waals surface area contributed by atoms with E-state index < -0.39 is 21.8 Å². The lowest BCUT2D eigenvalue weighted by Crippen LogP contribution is -2.36. The molecule has 0 unspecified atom stereocenters. The van der Waals surface area contributed by atoms with Crippen LogP contribution in [0.5, 0.6) is 0 Å². The molecule has 2 amide bonds. The van der Waals surface area contributed by atoms with E-state index in [0.717, 1.165) is 19.3 Å². The molecule has 2 aromatic rings. The standard InChI is InChI=1S/C21H22Cl2N4O4S/c22-17-7-4-16(19(23)12-17)13-25-26-20(28)14-24-21(29)15-5-8-18(9-6-15)32(30,31)27-10-2-1-3-11-27/h4-9,12-13H,1-3,10-11,14H2,(H,24,29)(H,26,28)/b25-13-. The number of piperidine rings is 1. The van der Waals surface area contributed by atoms with Crippen molar-refractivity contribution in [2.75, 3.05) is 19.6 Å². The van der Waals surface area contributed by atoms with Gasteiger partial charge in [-0.1, -0.05) is 35.7 Å². The molecular weight excluding hydrogens is 475 g/mol. The molecule has 32 heavy (non-hydrogen) atoms. The fourth-order valence-electron chi connectivity index (χ4n) is 3.11. The summed E-state index contributed by atoms with van der Waals surface area (Å²) in [6.45, 7) is 0.705.